The number of nitrogens with zero attached hydrogens (tertiary/aromatic N) is 1. The molecule has 3 aromatic rings. The second kappa shape index (κ2) is 11.4. The van der Waals surface area contributed by atoms with Crippen LogP contribution < -0.4 is 5.32 Å². The lowest BCUT2D eigenvalue weighted by atomic mass is 9.77. The molecule has 0 radical (unpaired) electrons. The van der Waals surface area contributed by atoms with Gasteiger partial charge in [-0.05, 0) is 58.4 Å². The molecule has 4 rings (SSSR count). The second-order valence-corrected chi connectivity index (χ2v) is 12.8. The van der Waals surface area contributed by atoms with Gasteiger partial charge in [-0.1, -0.05) is 77.8 Å². The molecule has 1 fully saturated rings. The summed E-state index contributed by atoms with van der Waals surface area (Å²) in [7, 11) is 1.36. The van der Waals surface area contributed by atoms with Crippen molar-refractivity contribution < 1.29 is 19.4 Å². The molecule has 1 amide bonds. The molecule has 1 unspecified atom stereocenters. The van der Waals surface area contributed by atoms with Crippen molar-refractivity contribution in [2.45, 2.75) is 78.1 Å². The van der Waals surface area contributed by atoms with E-state index in [1.54, 1.807) is 18.3 Å². The highest BCUT2D eigenvalue weighted by atomic mass is 16.5. The van der Waals surface area contributed by atoms with Gasteiger partial charge in [0, 0.05) is 29.4 Å². The van der Waals surface area contributed by atoms with Crippen LogP contribution in [0.25, 0.3) is 10.8 Å². The first-order valence-electron chi connectivity index (χ1n) is 14.0. The minimum Gasteiger partial charge on any atom is -0.507 e. The maximum atomic E-state index is 13.0. The van der Waals surface area contributed by atoms with Gasteiger partial charge in [0.05, 0.1) is 13.5 Å². The molecule has 2 N–H and O–H groups in total. The Morgan fingerprint density at radius 1 is 1.03 bits per heavy atom. The molecule has 208 valence electrons. The molecule has 1 atom stereocenters. The zero-order valence-corrected chi connectivity index (χ0v) is 24.1. The van der Waals surface area contributed by atoms with Gasteiger partial charge in [0.25, 0.3) is 5.91 Å². The Bertz CT molecular complexity index is 1330. The predicted octanol–water partition coefficient (Wildman–Crippen LogP) is 6.88. The molecule has 6 heteroatoms. The van der Waals surface area contributed by atoms with Crippen molar-refractivity contribution in [1.29, 1.82) is 0 Å². The van der Waals surface area contributed by atoms with Gasteiger partial charge in [0.2, 0.25) is 0 Å². The Kier molecular flexibility index (Phi) is 8.34. The Hall–Kier alpha value is -3.41. The number of benzene rings is 2. The number of rotatable bonds is 8. The van der Waals surface area contributed by atoms with Crippen LogP contribution in [0.2, 0.25) is 0 Å². The van der Waals surface area contributed by atoms with E-state index < -0.39 is 5.41 Å². The third kappa shape index (κ3) is 6.60. The van der Waals surface area contributed by atoms with Crippen LogP contribution in [-0.4, -0.2) is 35.6 Å². The lowest BCUT2D eigenvalue weighted by molar-refractivity contribution is -0.142. The maximum absolute atomic E-state index is 13.0. The lowest BCUT2D eigenvalue weighted by Gasteiger charge is -2.27. The summed E-state index contributed by atoms with van der Waals surface area (Å²) in [6, 6.07) is 14.4. The largest absolute Gasteiger partial charge is 0.507 e. The van der Waals surface area contributed by atoms with Gasteiger partial charge in [-0.25, -0.2) is 0 Å². The fourth-order valence-electron chi connectivity index (χ4n) is 5.76. The number of nitrogens with one attached hydrogen (secondary N) is 1. The number of hydrogen-bond donors (Lipinski definition) is 2. The van der Waals surface area contributed by atoms with Gasteiger partial charge < -0.3 is 15.2 Å². The molecule has 0 spiro atoms. The Labute approximate surface area is 232 Å². The zero-order valence-electron chi connectivity index (χ0n) is 24.1. The average Bonchev–Trinajstić information content (AvgIpc) is 3.42. The zero-order chi connectivity index (χ0) is 28.4. The normalized spacial score (nSPS) is 15.3. The number of fused-ring (bicyclic) bond motifs is 1. The van der Waals surface area contributed by atoms with Crippen LogP contribution in [0.5, 0.6) is 5.75 Å². The quantitative estimate of drug-likeness (QED) is 0.310. The van der Waals surface area contributed by atoms with Gasteiger partial charge in [0.15, 0.2) is 0 Å². The van der Waals surface area contributed by atoms with E-state index in [2.05, 4.69) is 55.3 Å². The second-order valence-electron chi connectivity index (χ2n) is 12.8. The highest BCUT2D eigenvalue weighted by molar-refractivity contribution is 5.99. The minimum atomic E-state index is -0.466. The van der Waals surface area contributed by atoms with E-state index in [1.165, 1.54) is 43.9 Å². The Morgan fingerprint density at radius 2 is 1.69 bits per heavy atom. The molecule has 6 nitrogen and oxygen atoms in total. The number of carbonyl (C=O) groups is 2. The molecule has 1 aromatic heterocycles. The van der Waals surface area contributed by atoms with E-state index in [4.69, 9.17) is 4.74 Å². The molecule has 0 bridgehead atoms. The summed E-state index contributed by atoms with van der Waals surface area (Å²) in [5.41, 5.74) is 3.57. The number of esters is 1. The highest BCUT2D eigenvalue weighted by Gasteiger charge is 2.30. The van der Waals surface area contributed by atoms with Crippen LogP contribution in [0, 0.1) is 11.3 Å². The number of ether oxygens (including phenoxy) is 1. The monoisotopic (exact) mass is 530 g/mol. The van der Waals surface area contributed by atoms with Gasteiger partial charge in [0.1, 0.15) is 11.4 Å². The standard InChI is InChI=1S/C33H42N2O4/c1-32(2,3)23-13-11-22(12-14-23)30(21-9-7-8-10-21)24-15-16-28(36)25-17-27(34-19-26(24)25)31(38)35-20-33(4,5)18-29(37)39-6/h11-17,19,21,30,36H,7-10,18,20H2,1-6H3,(H,35,38). The van der Waals surface area contributed by atoms with Crippen molar-refractivity contribution in [3.05, 3.63) is 71.0 Å². The summed E-state index contributed by atoms with van der Waals surface area (Å²) in [4.78, 5) is 29.2. The number of methoxy groups -OCH3 is 1. The van der Waals surface area contributed by atoms with Crippen molar-refractivity contribution in [2.24, 2.45) is 11.3 Å². The van der Waals surface area contributed by atoms with E-state index in [0.29, 0.717) is 17.8 Å². The van der Waals surface area contributed by atoms with E-state index >= 15 is 0 Å². The van der Waals surface area contributed by atoms with E-state index in [1.807, 2.05) is 19.9 Å². The molecule has 0 saturated heterocycles. The molecular weight excluding hydrogens is 488 g/mol. The van der Waals surface area contributed by atoms with Gasteiger partial charge >= 0.3 is 5.97 Å². The maximum Gasteiger partial charge on any atom is 0.306 e. The summed E-state index contributed by atoms with van der Waals surface area (Å²) in [6.45, 7) is 10.8. The first kappa shape index (κ1) is 28.6. The van der Waals surface area contributed by atoms with Crippen LogP contribution >= 0.6 is 0 Å². The third-order valence-corrected chi connectivity index (χ3v) is 8.06. The van der Waals surface area contributed by atoms with Crippen molar-refractivity contribution in [3.8, 4) is 5.75 Å². The molecule has 1 aliphatic rings. The first-order valence-corrected chi connectivity index (χ1v) is 14.0. The molecule has 1 saturated carbocycles. The van der Waals surface area contributed by atoms with E-state index in [9.17, 15) is 14.7 Å². The molecule has 1 heterocycles. The Balaban J connectivity index is 1.67. The van der Waals surface area contributed by atoms with Crippen LogP contribution in [0.15, 0.2) is 48.7 Å². The van der Waals surface area contributed by atoms with Crippen LogP contribution in [0.4, 0.5) is 0 Å². The topological polar surface area (TPSA) is 88.5 Å². The summed E-state index contributed by atoms with van der Waals surface area (Å²) < 4.78 is 4.77. The Morgan fingerprint density at radius 3 is 2.31 bits per heavy atom. The molecule has 0 aliphatic heterocycles. The number of pyridine rings is 1. The number of carbonyl (C=O) groups excluding carboxylic acids is 2. The van der Waals surface area contributed by atoms with Crippen LogP contribution in [0.1, 0.15) is 99.8 Å². The number of phenolic OH excluding ortho intramolecular Hbond substituents is 1. The van der Waals surface area contributed by atoms with Gasteiger partial charge in [-0.2, -0.15) is 0 Å². The fraction of sp³-hybridized carbons (Fsp3) is 0.485. The van der Waals surface area contributed by atoms with Crippen molar-refractivity contribution in [3.63, 3.8) is 0 Å². The first-order chi connectivity index (χ1) is 18.4. The van der Waals surface area contributed by atoms with Crippen molar-refractivity contribution in [2.75, 3.05) is 13.7 Å². The third-order valence-electron chi connectivity index (χ3n) is 8.06. The lowest BCUT2D eigenvalue weighted by Crippen LogP contribution is -2.35. The van der Waals surface area contributed by atoms with Crippen LogP contribution in [-0.2, 0) is 14.9 Å². The number of amides is 1. The van der Waals surface area contributed by atoms with Gasteiger partial charge in [-0.15, -0.1) is 0 Å². The summed E-state index contributed by atoms with van der Waals surface area (Å²) in [6.07, 6.45) is 6.72. The molecule has 39 heavy (non-hydrogen) atoms. The number of hydrogen-bond acceptors (Lipinski definition) is 5. The molecular formula is C33H42N2O4. The average molecular weight is 531 g/mol. The van der Waals surface area contributed by atoms with Crippen LogP contribution in [0.3, 0.4) is 0 Å². The molecule has 1 aliphatic carbocycles. The van der Waals surface area contributed by atoms with E-state index in [-0.39, 0.29) is 41.1 Å². The summed E-state index contributed by atoms with van der Waals surface area (Å²) in [5, 5.41) is 15.2. The number of phenols is 1. The SMILES string of the molecule is COC(=O)CC(C)(C)CNC(=O)c1cc2c(O)ccc(C(c3ccc(C(C)(C)C)cc3)C3CCCC3)c2cn1. The van der Waals surface area contributed by atoms with Crippen molar-refractivity contribution in [1.82, 2.24) is 10.3 Å². The highest BCUT2D eigenvalue weighted by Crippen LogP contribution is 2.45. The number of aromatic nitrogens is 1. The summed E-state index contributed by atoms with van der Waals surface area (Å²) in [5.74, 6) is 0.165. The molecule has 2 aromatic carbocycles. The minimum absolute atomic E-state index is 0.0854. The predicted molar refractivity (Wildman–Crippen MR) is 155 cm³/mol. The van der Waals surface area contributed by atoms with E-state index in [0.717, 1.165) is 10.9 Å². The smallest absolute Gasteiger partial charge is 0.306 e. The van der Waals surface area contributed by atoms with Gasteiger partial charge in [-0.3, -0.25) is 14.6 Å². The number of aromatic hydroxyl groups is 1. The van der Waals surface area contributed by atoms with Crippen molar-refractivity contribution >= 4 is 22.6 Å². The fourth-order valence-corrected chi connectivity index (χ4v) is 5.76. The summed E-state index contributed by atoms with van der Waals surface area (Å²) >= 11 is 0.